The van der Waals surface area contributed by atoms with Crippen LogP contribution < -0.4 is 9.80 Å². The largest absolute Gasteiger partial charge is 0.310 e. The second-order valence-electron chi connectivity index (χ2n) is 21.7. The molecule has 4 aliphatic carbocycles. The van der Waals surface area contributed by atoms with E-state index in [2.05, 4.69) is 289 Å². The Hall–Kier alpha value is -9.58. The van der Waals surface area contributed by atoms with Crippen molar-refractivity contribution in [3.05, 3.63) is 324 Å². The molecule has 0 radical (unpaired) electrons. The first-order chi connectivity index (χ1) is 39.7. The SMILES string of the molecule is c1ccc(N(c2ccccc2)c2ccc3c(c2)C2(C4=C3C3(c5cc(N(c6ccccc6)c6ccccc6)ccc54)c4ccccc4-c4c3ccc3c4sc4ccccc43)c3ccccc3-c3c2ccc2c3sc3ccccc32)cc1. The van der Waals surface area contributed by atoms with Gasteiger partial charge in [-0.1, -0.05) is 194 Å². The standard InChI is InChI=1S/C76H46N2S2/c1-5-21-47(22-6-1)77(48-23-7-2-8-24-48)51-37-39-59-65(45-51)75(61-33-17-13-31-57(61)69-63(75)43-41-55-53-29-15-19-35-67(53)79-73(55)69)72-60-40-38-52(78(49-25-9-3-10-26-49)50-27-11-4-12-28-50)46-66(60)76(71(59)72)62-34-18-14-32-58(62)70-64(76)44-42-56-54-30-16-20-36-68(54)80-74(56)70/h1-46H. The van der Waals surface area contributed by atoms with Gasteiger partial charge in [-0.3, -0.25) is 0 Å². The molecule has 0 saturated carbocycles. The van der Waals surface area contributed by atoms with Crippen molar-refractivity contribution in [1.82, 2.24) is 0 Å². The van der Waals surface area contributed by atoms with E-state index in [0.717, 1.165) is 34.1 Å². The lowest BCUT2D eigenvalue weighted by atomic mass is 9.66. The third kappa shape index (κ3) is 5.66. The topological polar surface area (TPSA) is 6.48 Å². The molecule has 0 bridgehead atoms. The van der Waals surface area contributed by atoms with Crippen LogP contribution in [-0.4, -0.2) is 0 Å². The van der Waals surface area contributed by atoms with Crippen molar-refractivity contribution in [1.29, 1.82) is 0 Å². The van der Waals surface area contributed by atoms with Gasteiger partial charge in [-0.25, -0.2) is 0 Å². The van der Waals surface area contributed by atoms with Gasteiger partial charge in [-0.05, 0) is 152 Å². The van der Waals surface area contributed by atoms with Crippen LogP contribution in [0, 0.1) is 0 Å². The Morgan fingerprint density at radius 3 is 0.988 bits per heavy atom. The molecule has 4 aliphatic rings. The maximum atomic E-state index is 2.58. The maximum Gasteiger partial charge on any atom is 0.0730 e. The average molecular weight is 1050 g/mol. The van der Waals surface area contributed by atoms with E-state index in [1.54, 1.807) is 0 Å². The van der Waals surface area contributed by atoms with Gasteiger partial charge in [-0.15, -0.1) is 22.7 Å². The molecule has 0 amide bonds. The van der Waals surface area contributed by atoms with Gasteiger partial charge in [0.1, 0.15) is 0 Å². The fourth-order valence-corrected chi connectivity index (χ4v) is 17.7. The van der Waals surface area contributed by atoms with E-state index >= 15 is 0 Å². The summed E-state index contributed by atoms with van der Waals surface area (Å²) < 4.78 is 5.33. The Morgan fingerprint density at radius 2 is 0.588 bits per heavy atom. The molecule has 372 valence electrons. The minimum atomic E-state index is -0.715. The summed E-state index contributed by atoms with van der Waals surface area (Å²) in [6.07, 6.45) is 0. The molecular formula is C76H46N2S2. The molecule has 0 saturated heterocycles. The van der Waals surface area contributed by atoms with Crippen molar-refractivity contribution < 1.29 is 0 Å². The van der Waals surface area contributed by atoms with Gasteiger partial charge in [0, 0.05) is 85.6 Å². The van der Waals surface area contributed by atoms with Crippen molar-refractivity contribution in [2.45, 2.75) is 10.8 Å². The van der Waals surface area contributed by atoms with E-state index in [9.17, 15) is 0 Å². The molecule has 4 heteroatoms. The second-order valence-corrected chi connectivity index (χ2v) is 23.8. The third-order valence-corrected chi connectivity index (χ3v) is 20.4. The van der Waals surface area contributed by atoms with Crippen molar-refractivity contribution in [2.24, 2.45) is 0 Å². The number of benzene rings is 12. The number of para-hydroxylation sites is 4. The third-order valence-electron chi connectivity index (χ3n) is 18.0. The summed E-state index contributed by atoms with van der Waals surface area (Å²) in [6, 6.07) is 105. The molecule has 2 spiro atoms. The Morgan fingerprint density at radius 1 is 0.237 bits per heavy atom. The number of hydrogen-bond acceptors (Lipinski definition) is 4. The van der Waals surface area contributed by atoms with E-state index in [1.807, 2.05) is 22.7 Å². The van der Waals surface area contributed by atoms with Crippen LogP contribution in [0.5, 0.6) is 0 Å². The molecular weight excluding hydrogens is 1000 g/mol. The summed E-state index contributed by atoms with van der Waals surface area (Å²) in [5, 5.41) is 5.26. The molecule has 2 heterocycles. The van der Waals surface area contributed by atoms with Crippen molar-refractivity contribution in [3.63, 3.8) is 0 Å². The molecule has 2 unspecified atom stereocenters. The predicted octanol–water partition coefficient (Wildman–Crippen LogP) is 20.9. The molecule has 14 aromatic rings. The van der Waals surface area contributed by atoms with E-state index < -0.39 is 10.8 Å². The van der Waals surface area contributed by atoms with Crippen LogP contribution in [0.2, 0.25) is 0 Å². The highest BCUT2D eigenvalue weighted by Gasteiger charge is 2.64. The smallest absolute Gasteiger partial charge is 0.0730 e. The van der Waals surface area contributed by atoms with Crippen LogP contribution >= 0.6 is 22.7 Å². The predicted molar refractivity (Wildman–Crippen MR) is 338 cm³/mol. The van der Waals surface area contributed by atoms with E-state index in [-0.39, 0.29) is 0 Å². The van der Waals surface area contributed by atoms with Crippen molar-refractivity contribution >= 4 is 108 Å². The first-order valence-electron chi connectivity index (χ1n) is 27.7. The van der Waals surface area contributed by atoms with E-state index in [4.69, 9.17) is 0 Å². The summed E-state index contributed by atoms with van der Waals surface area (Å²) in [7, 11) is 0. The van der Waals surface area contributed by atoms with Crippen LogP contribution in [0.3, 0.4) is 0 Å². The number of hydrogen-bond donors (Lipinski definition) is 0. The zero-order valence-corrected chi connectivity index (χ0v) is 44.9. The van der Waals surface area contributed by atoms with Crippen LogP contribution in [0.15, 0.2) is 279 Å². The number of nitrogens with zero attached hydrogens (tertiary/aromatic N) is 2. The lowest BCUT2D eigenvalue weighted by Gasteiger charge is -2.36. The summed E-state index contributed by atoms with van der Waals surface area (Å²) >= 11 is 3.89. The number of fused-ring (bicyclic) bond motifs is 26. The average Bonchev–Trinajstić information content (AvgIpc) is 4.47. The highest BCUT2D eigenvalue weighted by molar-refractivity contribution is 7.26. The Kier molecular flexibility index (Phi) is 9.15. The van der Waals surface area contributed by atoms with Crippen LogP contribution in [0.1, 0.15) is 44.5 Å². The summed E-state index contributed by atoms with van der Waals surface area (Å²) in [6.45, 7) is 0. The Labute approximate surface area is 471 Å². The monoisotopic (exact) mass is 1050 g/mol. The first kappa shape index (κ1) is 44.4. The first-order valence-corrected chi connectivity index (χ1v) is 29.3. The fourth-order valence-electron chi connectivity index (χ4n) is 15.1. The normalized spacial score (nSPS) is 16.8. The quantitative estimate of drug-likeness (QED) is 0.164. The molecule has 80 heavy (non-hydrogen) atoms. The number of allylic oxidation sites excluding steroid dienone is 2. The van der Waals surface area contributed by atoms with Gasteiger partial charge in [0.25, 0.3) is 0 Å². The van der Waals surface area contributed by atoms with Gasteiger partial charge in [-0.2, -0.15) is 0 Å². The molecule has 0 N–H and O–H groups in total. The number of rotatable bonds is 6. The van der Waals surface area contributed by atoms with E-state index in [0.29, 0.717) is 0 Å². The molecule has 2 aromatic heterocycles. The van der Waals surface area contributed by atoms with Crippen LogP contribution in [0.4, 0.5) is 34.1 Å². The summed E-state index contributed by atoms with van der Waals surface area (Å²) in [4.78, 5) is 4.90. The Bertz CT molecular complexity index is 4570. The van der Waals surface area contributed by atoms with E-state index in [1.165, 1.54) is 118 Å². The lowest BCUT2D eigenvalue weighted by molar-refractivity contribution is 0.827. The number of anilines is 6. The minimum absolute atomic E-state index is 0.715. The summed E-state index contributed by atoms with van der Waals surface area (Å²) in [5.74, 6) is 0. The lowest BCUT2D eigenvalue weighted by Crippen LogP contribution is -2.29. The van der Waals surface area contributed by atoms with Gasteiger partial charge >= 0.3 is 0 Å². The van der Waals surface area contributed by atoms with Gasteiger partial charge in [0.2, 0.25) is 0 Å². The molecule has 0 aliphatic heterocycles. The minimum Gasteiger partial charge on any atom is -0.310 e. The maximum absolute atomic E-state index is 2.58. The zero-order valence-electron chi connectivity index (χ0n) is 43.3. The summed E-state index contributed by atoms with van der Waals surface area (Å²) in [5.41, 5.74) is 24.0. The van der Waals surface area contributed by atoms with Crippen LogP contribution in [-0.2, 0) is 10.8 Å². The molecule has 0 fully saturated rings. The van der Waals surface area contributed by atoms with Gasteiger partial charge in [0.05, 0.1) is 10.8 Å². The second kappa shape index (κ2) is 16.5. The molecule has 2 atom stereocenters. The van der Waals surface area contributed by atoms with Crippen LogP contribution in [0.25, 0.3) is 73.7 Å². The Balaban J connectivity index is 1.02. The van der Waals surface area contributed by atoms with Crippen molar-refractivity contribution in [3.8, 4) is 22.3 Å². The molecule has 18 rings (SSSR count). The van der Waals surface area contributed by atoms with Gasteiger partial charge < -0.3 is 9.80 Å². The highest BCUT2D eigenvalue weighted by Crippen LogP contribution is 2.76. The molecule has 12 aromatic carbocycles. The molecule has 2 nitrogen and oxygen atoms in total. The highest BCUT2D eigenvalue weighted by atomic mass is 32.1. The zero-order chi connectivity index (χ0) is 52.3. The van der Waals surface area contributed by atoms with Crippen molar-refractivity contribution in [2.75, 3.05) is 9.80 Å². The number of thiophene rings is 2. The fraction of sp³-hybridized carbons (Fsp3) is 0.0263. The van der Waals surface area contributed by atoms with Gasteiger partial charge in [0.15, 0.2) is 0 Å².